The third kappa shape index (κ3) is 2.95. The van der Waals surface area contributed by atoms with Crippen LogP contribution in [0, 0.1) is 5.82 Å². The number of pyridine rings is 1. The first-order chi connectivity index (χ1) is 9.97. The molecule has 2 aliphatic heterocycles. The van der Waals surface area contributed by atoms with Crippen LogP contribution in [0.4, 0.5) is 4.39 Å². The molecular weight excluding hydrogens is 293 g/mol. The molecule has 0 saturated carbocycles. The largest absolute Gasteiger partial charge is 0.300 e. The average molecular weight is 313 g/mol. The van der Waals surface area contributed by atoms with Gasteiger partial charge < -0.3 is 4.90 Å². The first kappa shape index (κ1) is 14.9. The molecule has 1 aromatic heterocycles. The van der Waals surface area contributed by atoms with Gasteiger partial charge >= 0.3 is 0 Å². The summed E-state index contributed by atoms with van der Waals surface area (Å²) in [4.78, 5) is 6.02. The molecule has 2 unspecified atom stereocenters. The summed E-state index contributed by atoms with van der Waals surface area (Å²) in [6.07, 6.45) is 6.25. The van der Waals surface area contributed by atoms with Crippen LogP contribution in [0.25, 0.3) is 0 Å². The molecule has 1 aromatic rings. The number of hydrogen-bond donors (Lipinski definition) is 1. The van der Waals surface area contributed by atoms with E-state index in [0.717, 1.165) is 31.7 Å². The van der Waals surface area contributed by atoms with Gasteiger partial charge in [-0.2, -0.15) is 0 Å². The molecule has 2 atom stereocenters. The van der Waals surface area contributed by atoms with Crippen molar-refractivity contribution in [3.63, 3.8) is 0 Å². The molecule has 0 aromatic carbocycles. The molecule has 0 spiro atoms. The minimum absolute atomic E-state index is 0.136. The highest BCUT2D eigenvalue weighted by Crippen LogP contribution is 2.33. The number of piperidine rings is 2. The Morgan fingerprint density at radius 2 is 2.00 bits per heavy atom. The van der Waals surface area contributed by atoms with Crippen molar-refractivity contribution in [2.24, 2.45) is 0 Å². The first-order valence-electron chi connectivity index (χ1n) is 7.32. The van der Waals surface area contributed by atoms with Crippen molar-refractivity contribution in [2.75, 3.05) is 7.05 Å². The second-order valence-electron chi connectivity index (χ2n) is 5.98. The Kier molecular flexibility index (Phi) is 3.98. The first-order valence-corrected chi connectivity index (χ1v) is 8.80. The van der Waals surface area contributed by atoms with Crippen LogP contribution >= 0.6 is 0 Å². The second kappa shape index (κ2) is 5.62. The number of fused-ring (bicyclic) bond motifs is 2. The third-order valence-electron chi connectivity index (χ3n) is 4.64. The predicted molar refractivity (Wildman–Crippen MR) is 76.7 cm³/mol. The molecule has 0 aliphatic carbocycles. The average Bonchev–Trinajstić information content (AvgIpc) is 2.40. The Morgan fingerprint density at radius 3 is 2.62 bits per heavy atom. The Labute approximate surface area is 124 Å². The molecule has 0 radical (unpaired) electrons. The predicted octanol–water partition coefficient (Wildman–Crippen LogP) is 1.51. The Morgan fingerprint density at radius 1 is 1.33 bits per heavy atom. The highest BCUT2D eigenvalue weighted by Gasteiger charge is 2.38. The second-order valence-corrected chi connectivity index (χ2v) is 7.61. The van der Waals surface area contributed by atoms with Crippen LogP contribution < -0.4 is 4.72 Å². The lowest BCUT2D eigenvalue weighted by atomic mass is 9.83. The van der Waals surface area contributed by atoms with E-state index in [2.05, 4.69) is 21.7 Å². The van der Waals surface area contributed by atoms with Crippen LogP contribution in [0.5, 0.6) is 0 Å². The van der Waals surface area contributed by atoms with Crippen molar-refractivity contribution in [1.82, 2.24) is 14.6 Å². The van der Waals surface area contributed by atoms with Crippen molar-refractivity contribution in [3.05, 3.63) is 24.1 Å². The SMILES string of the molecule is CN1C2CCCC1CC(NS(=O)(=O)c1ncccc1F)C2. The molecule has 7 heteroatoms. The third-order valence-corrected chi connectivity index (χ3v) is 6.09. The number of rotatable bonds is 3. The molecule has 21 heavy (non-hydrogen) atoms. The number of sulfonamides is 1. The van der Waals surface area contributed by atoms with Gasteiger partial charge in [0.1, 0.15) is 0 Å². The van der Waals surface area contributed by atoms with Crippen LogP contribution in [-0.2, 0) is 10.0 Å². The van der Waals surface area contributed by atoms with E-state index in [4.69, 9.17) is 0 Å². The smallest absolute Gasteiger partial charge is 0.261 e. The minimum atomic E-state index is -3.89. The summed E-state index contributed by atoms with van der Waals surface area (Å²) in [5.41, 5.74) is 0. The molecule has 3 heterocycles. The molecule has 0 amide bonds. The number of halogens is 1. The zero-order valence-corrected chi connectivity index (χ0v) is 12.8. The molecule has 3 rings (SSSR count). The van der Waals surface area contributed by atoms with Crippen molar-refractivity contribution in [2.45, 2.75) is 55.3 Å². The summed E-state index contributed by atoms with van der Waals surface area (Å²) in [7, 11) is -1.78. The van der Waals surface area contributed by atoms with Gasteiger partial charge in [-0.3, -0.25) is 0 Å². The Balaban J connectivity index is 1.76. The van der Waals surface area contributed by atoms with Gasteiger partial charge in [0.15, 0.2) is 5.82 Å². The maximum Gasteiger partial charge on any atom is 0.261 e. The normalized spacial score (nSPS) is 30.3. The van der Waals surface area contributed by atoms with Crippen molar-refractivity contribution in [3.8, 4) is 0 Å². The molecule has 2 saturated heterocycles. The monoisotopic (exact) mass is 313 g/mol. The van der Waals surface area contributed by atoms with Crippen molar-refractivity contribution in [1.29, 1.82) is 0 Å². The topological polar surface area (TPSA) is 62.3 Å². The summed E-state index contributed by atoms with van der Waals surface area (Å²) in [6.45, 7) is 0. The number of nitrogens with one attached hydrogen (secondary N) is 1. The summed E-state index contributed by atoms with van der Waals surface area (Å²) in [5.74, 6) is -0.807. The van der Waals surface area contributed by atoms with E-state index in [1.165, 1.54) is 18.7 Å². The highest BCUT2D eigenvalue weighted by atomic mass is 32.2. The maximum atomic E-state index is 13.6. The van der Waals surface area contributed by atoms with Gasteiger partial charge in [0.25, 0.3) is 10.0 Å². The van der Waals surface area contributed by atoms with E-state index in [0.29, 0.717) is 12.1 Å². The molecular formula is C14H20FN3O2S. The Bertz CT molecular complexity index is 608. The van der Waals surface area contributed by atoms with Crippen LogP contribution in [0.15, 0.2) is 23.4 Å². The van der Waals surface area contributed by atoms with Crippen LogP contribution in [0.3, 0.4) is 0 Å². The van der Waals surface area contributed by atoms with Gasteiger partial charge in [0.05, 0.1) is 0 Å². The van der Waals surface area contributed by atoms with Gasteiger partial charge in [-0.25, -0.2) is 22.5 Å². The zero-order valence-electron chi connectivity index (χ0n) is 12.0. The number of hydrogen-bond acceptors (Lipinski definition) is 4. The van der Waals surface area contributed by atoms with Gasteiger partial charge in [0.2, 0.25) is 5.03 Å². The molecule has 2 aliphatic rings. The molecule has 2 bridgehead atoms. The molecule has 2 fully saturated rings. The summed E-state index contributed by atoms with van der Waals surface area (Å²) >= 11 is 0. The highest BCUT2D eigenvalue weighted by molar-refractivity contribution is 7.89. The fourth-order valence-electron chi connectivity index (χ4n) is 3.56. The quantitative estimate of drug-likeness (QED) is 0.919. The lowest BCUT2D eigenvalue weighted by molar-refractivity contribution is 0.0536. The zero-order chi connectivity index (χ0) is 15.0. The maximum absolute atomic E-state index is 13.6. The van der Waals surface area contributed by atoms with Crippen LogP contribution in [0.2, 0.25) is 0 Å². The number of nitrogens with zero attached hydrogens (tertiary/aromatic N) is 2. The standard InChI is InChI=1S/C14H20FN3O2S/c1-18-11-4-2-5-12(18)9-10(8-11)17-21(19,20)14-13(15)6-3-7-16-14/h3,6-7,10-12,17H,2,4-5,8-9H2,1H3. The van der Waals surface area contributed by atoms with Gasteiger partial charge in [-0.15, -0.1) is 0 Å². The van der Waals surface area contributed by atoms with E-state index in [1.807, 2.05) is 0 Å². The molecule has 1 N–H and O–H groups in total. The fraction of sp³-hybridized carbons (Fsp3) is 0.643. The van der Waals surface area contributed by atoms with E-state index in [9.17, 15) is 12.8 Å². The summed E-state index contributed by atoms with van der Waals surface area (Å²) < 4.78 is 40.9. The lowest BCUT2D eigenvalue weighted by Crippen LogP contribution is -2.55. The Hall–Kier alpha value is -1.05. The van der Waals surface area contributed by atoms with E-state index in [-0.39, 0.29) is 6.04 Å². The molecule has 5 nitrogen and oxygen atoms in total. The van der Waals surface area contributed by atoms with Gasteiger partial charge in [-0.05, 0) is 44.9 Å². The van der Waals surface area contributed by atoms with Crippen LogP contribution in [-0.4, -0.2) is 43.5 Å². The van der Waals surface area contributed by atoms with Crippen LogP contribution in [0.1, 0.15) is 32.1 Å². The summed E-state index contributed by atoms with van der Waals surface area (Å²) in [5, 5.41) is -0.505. The van der Waals surface area contributed by atoms with Crippen molar-refractivity contribution >= 4 is 10.0 Å². The fourth-order valence-corrected chi connectivity index (χ4v) is 4.82. The van der Waals surface area contributed by atoms with E-state index in [1.54, 1.807) is 0 Å². The van der Waals surface area contributed by atoms with E-state index >= 15 is 0 Å². The number of aromatic nitrogens is 1. The van der Waals surface area contributed by atoms with Gasteiger partial charge in [0, 0.05) is 24.3 Å². The van der Waals surface area contributed by atoms with Gasteiger partial charge in [-0.1, -0.05) is 6.42 Å². The molecule has 116 valence electrons. The minimum Gasteiger partial charge on any atom is -0.300 e. The lowest BCUT2D eigenvalue weighted by Gasteiger charge is -2.47. The van der Waals surface area contributed by atoms with E-state index < -0.39 is 20.9 Å². The van der Waals surface area contributed by atoms with Crippen molar-refractivity contribution < 1.29 is 12.8 Å². The summed E-state index contributed by atoms with van der Waals surface area (Å²) in [6, 6.07) is 3.19.